The Labute approximate surface area is 121 Å². The van der Waals surface area contributed by atoms with Crippen LogP contribution < -0.4 is 9.79 Å². The highest BCUT2D eigenvalue weighted by atomic mass is 31.2. The van der Waals surface area contributed by atoms with Crippen LogP contribution in [0.4, 0.5) is 0 Å². The van der Waals surface area contributed by atoms with Crippen LogP contribution in [0.2, 0.25) is 0 Å². The van der Waals surface area contributed by atoms with E-state index in [1.54, 1.807) is 0 Å². The van der Waals surface area contributed by atoms with E-state index in [2.05, 4.69) is 0 Å². The number of rotatable bonds is 3. The van der Waals surface area contributed by atoms with E-state index in [0.29, 0.717) is 0 Å². The molecule has 20 heavy (non-hydrogen) atoms. The Hall–Kier alpha value is -0.830. The van der Waals surface area contributed by atoms with Gasteiger partial charge in [0.05, 0.1) is 0 Å². The van der Waals surface area contributed by atoms with Crippen LogP contribution in [0, 0.1) is 13.8 Å². The number of phenolic OH excluding ortho intramolecular Hbond substituents is 1. The summed E-state index contributed by atoms with van der Waals surface area (Å²) in [4.78, 5) is 22.2. The smallest absolute Gasteiger partial charge is 0.122 e. The van der Waals surface area contributed by atoms with Crippen LogP contribution in [0.3, 0.4) is 0 Å². The summed E-state index contributed by atoms with van der Waals surface area (Å²) in [6.07, 6.45) is 0.181. The van der Waals surface area contributed by atoms with Gasteiger partial charge in [0.15, 0.2) is 0 Å². The maximum absolute atomic E-state index is 11.1. The zero-order valence-electron chi connectivity index (χ0n) is 13.0. The van der Waals surface area contributed by atoms with Crippen molar-refractivity contribution < 1.29 is 19.5 Å². The van der Waals surface area contributed by atoms with Gasteiger partial charge in [0.2, 0.25) is 0 Å². The largest absolute Gasteiger partial charge is 0.811 e. The summed E-state index contributed by atoms with van der Waals surface area (Å²) in [5.41, 5.74) is 1.97. The van der Waals surface area contributed by atoms with Crippen molar-refractivity contribution in [2.45, 2.75) is 59.0 Å². The number of hydrogen-bond donors (Lipinski definition) is 1. The van der Waals surface area contributed by atoms with E-state index in [1.165, 1.54) is 6.92 Å². The summed E-state index contributed by atoms with van der Waals surface area (Å²) in [7, 11) is -4.59. The molecule has 114 valence electrons. The molecule has 5 heteroatoms. The van der Waals surface area contributed by atoms with Crippen LogP contribution >= 0.6 is 7.60 Å². The molecule has 0 bridgehead atoms. The summed E-state index contributed by atoms with van der Waals surface area (Å²) in [6, 6.07) is 1.82. The molecular formula is C15H23O4P-2. The second kappa shape index (κ2) is 5.51. The molecule has 0 radical (unpaired) electrons. The van der Waals surface area contributed by atoms with Crippen molar-refractivity contribution in [3.8, 4) is 5.75 Å². The van der Waals surface area contributed by atoms with Crippen molar-refractivity contribution in [3.63, 3.8) is 0 Å². The summed E-state index contributed by atoms with van der Waals surface area (Å²) < 4.78 is 11.1. The first-order valence-corrected chi connectivity index (χ1v) is 8.31. The normalized spacial score (nSPS) is 14.4. The highest BCUT2D eigenvalue weighted by Crippen LogP contribution is 2.39. The second-order valence-electron chi connectivity index (χ2n) is 6.52. The highest BCUT2D eigenvalue weighted by molar-refractivity contribution is 7.49. The molecule has 1 rings (SSSR count). The summed E-state index contributed by atoms with van der Waals surface area (Å²) >= 11 is 0. The van der Waals surface area contributed by atoms with Crippen molar-refractivity contribution in [1.29, 1.82) is 0 Å². The van der Waals surface area contributed by atoms with Gasteiger partial charge < -0.3 is 19.5 Å². The highest BCUT2D eigenvalue weighted by Gasteiger charge is 2.22. The minimum atomic E-state index is -4.59. The molecule has 0 heterocycles. The quantitative estimate of drug-likeness (QED) is 0.867. The standard InChI is InChI=1S/C15H25O4P/c1-9(20(17,18)19)7-12-8-13(15(4,5)6)14(16)11(3)10(12)2/h8-9,16H,7H2,1-6H3,(H2,17,18,19)/p-2. The lowest BCUT2D eigenvalue weighted by Crippen LogP contribution is -2.26. The fourth-order valence-electron chi connectivity index (χ4n) is 2.19. The number of aromatic hydroxyl groups is 1. The molecule has 1 N–H and O–H groups in total. The van der Waals surface area contributed by atoms with Gasteiger partial charge in [0.25, 0.3) is 0 Å². The van der Waals surface area contributed by atoms with Gasteiger partial charge in [-0.1, -0.05) is 41.4 Å². The molecule has 0 fully saturated rings. The number of phenols is 1. The van der Waals surface area contributed by atoms with Crippen LogP contribution in [-0.4, -0.2) is 10.8 Å². The van der Waals surface area contributed by atoms with E-state index < -0.39 is 13.3 Å². The third kappa shape index (κ3) is 3.63. The van der Waals surface area contributed by atoms with Crippen LogP contribution in [0.15, 0.2) is 6.07 Å². The molecule has 0 aromatic heterocycles. The van der Waals surface area contributed by atoms with E-state index in [4.69, 9.17) is 0 Å². The monoisotopic (exact) mass is 298 g/mol. The van der Waals surface area contributed by atoms with Crippen LogP contribution in [0.1, 0.15) is 49.9 Å². The molecule has 1 aromatic carbocycles. The van der Waals surface area contributed by atoms with Gasteiger partial charge in [-0.15, -0.1) is 0 Å². The van der Waals surface area contributed by atoms with Gasteiger partial charge in [-0.25, -0.2) is 0 Å². The lowest BCUT2D eigenvalue weighted by Gasteiger charge is -2.36. The number of hydrogen-bond acceptors (Lipinski definition) is 4. The average Bonchev–Trinajstić information content (AvgIpc) is 2.26. The van der Waals surface area contributed by atoms with Crippen molar-refractivity contribution in [3.05, 3.63) is 28.3 Å². The van der Waals surface area contributed by atoms with Gasteiger partial charge in [-0.3, -0.25) is 0 Å². The molecule has 0 aliphatic carbocycles. The van der Waals surface area contributed by atoms with E-state index in [1.807, 2.05) is 40.7 Å². The summed E-state index contributed by atoms with van der Waals surface area (Å²) in [5.74, 6) is 0.249. The minimum absolute atomic E-state index is 0.181. The van der Waals surface area contributed by atoms with Crippen molar-refractivity contribution in [1.82, 2.24) is 0 Å². The zero-order chi connectivity index (χ0) is 15.9. The van der Waals surface area contributed by atoms with Crippen molar-refractivity contribution in [2.24, 2.45) is 0 Å². The third-order valence-corrected chi connectivity index (χ3v) is 5.10. The number of benzene rings is 1. The van der Waals surface area contributed by atoms with Crippen LogP contribution in [-0.2, 0) is 16.4 Å². The molecule has 0 spiro atoms. The van der Waals surface area contributed by atoms with Gasteiger partial charge in [0.1, 0.15) is 5.75 Å². The van der Waals surface area contributed by atoms with E-state index in [0.717, 1.165) is 22.3 Å². The van der Waals surface area contributed by atoms with E-state index in [9.17, 15) is 19.5 Å². The Morgan fingerprint density at radius 1 is 1.25 bits per heavy atom. The maximum Gasteiger partial charge on any atom is 0.122 e. The van der Waals surface area contributed by atoms with Crippen LogP contribution in [0.5, 0.6) is 5.75 Å². The summed E-state index contributed by atoms with van der Waals surface area (Å²) in [6.45, 7) is 11.0. The molecule has 1 aromatic rings. The minimum Gasteiger partial charge on any atom is -0.811 e. The zero-order valence-corrected chi connectivity index (χ0v) is 13.9. The molecular weight excluding hydrogens is 275 g/mol. The molecule has 0 saturated carbocycles. The van der Waals surface area contributed by atoms with Gasteiger partial charge in [0, 0.05) is 0 Å². The van der Waals surface area contributed by atoms with Gasteiger partial charge in [-0.05, 0) is 53.6 Å². The third-order valence-electron chi connectivity index (χ3n) is 3.84. The lowest BCUT2D eigenvalue weighted by atomic mass is 9.82. The molecule has 0 amide bonds. The Morgan fingerprint density at radius 2 is 1.75 bits per heavy atom. The predicted octanol–water partition coefficient (Wildman–Crippen LogP) is 2.15. The van der Waals surface area contributed by atoms with Gasteiger partial charge >= 0.3 is 0 Å². The summed E-state index contributed by atoms with van der Waals surface area (Å²) in [5, 5.41) is 10.3. The Kier molecular flexibility index (Phi) is 4.75. The van der Waals surface area contributed by atoms with E-state index >= 15 is 0 Å². The SMILES string of the molecule is Cc1c(CC(C)P(=O)([O-])[O-])cc(C(C)(C)C)c(O)c1C. The van der Waals surface area contributed by atoms with Gasteiger partial charge in [-0.2, -0.15) is 0 Å². The average molecular weight is 298 g/mol. The topological polar surface area (TPSA) is 83.4 Å². The fourth-order valence-corrected chi connectivity index (χ4v) is 2.61. The first kappa shape index (κ1) is 17.2. The first-order valence-electron chi connectivity index (χ1n) is 6.70. The molecule has 0 aliphatic heterocycles. The Bertz CT molecular complexity index is 552. The molecule has 0 aliphatic rings. The maximum atomic E-state index is 11.1. The van der Waals surface area contributed by atoms with E-state index in [-0.39, 0.29) is 17.6 Å². The second-order valence-corrected chi connectivity index (χ2v) is 8.49. The Morgan fingerprint density at radius 3 is 2.15 bits per heavy atom. The molecule has 1 atom stereocenters. The van der Waals surface area contributed by atoms with Crippen LogP contribution in [0.25, 0.3) is 0 Å². The lowest BCUT2D eigenvalue weighted by molar-refractivity contribution is -0.316. The van der Waals surface area contributed by atoms with Crippen molar-refractivity contribution >= 4 is 7.60 Å². The first-order chi connectivity index (χ1) is 8.85. The molecule has 1 unspecified atom stereocenters. The Balaban J connectivity index is 3.35. The van der Waals surface area contributed by atoms with Crippen molar-refractivity contribution in [2.75, 3.05) is 0 Å². The molecule has 0 saturated heterocycles. The predicted molar refractivity (Wildman–Crippen MR) is 77.1 cm³/mol. The fraction of sp³-hybridized carbons (Fsp3) is 0.600. The molecule has 4 nitrogen and oxygen atoms in total.